The van der Waals surface area contributed by atoms with Gasteiger partial charge in [-0.1, -0.05) is 30.3 Å². The van der Waals surface area contributed by atoms with E-state index in [0.717, 1.165) is 11.3 Å². The molecule has 146 valence electrons. The molecule has 2 heterocycles. The number of anilines is 2. The van der Waals surface area contributed by atoms with Crippen molar-refractivity contribution in [1.29, 1.82) is 0 Å². The van der Waals surface area contributed by atoms with Crippen LogP contribution in [0.2, 0.25) is 0 Å². The number of aromatic nitrogens is 4. The molecular formula is C20H18N6O3. The third kappa shape index (κ3) is 3.93. The number of hydrogen-bond acceptors (Lipinski definition) is 6. The van der Waals surface area contributed by atoms with Gasteiger partial charge >= 0.3 is 6.09 Å². The maximum Gasteiger partial charge on any atom is 0.411 e. The molecule has 0 fully saturated rings. The number of nitrogens with zero attached hydrogens (tertiary/aromatic N) is 3. The number of nitrogens with one attached hydrogen (secondary N) is 3. The normalized spacial score (nSPS) is 10.7. The number of carbonyl (C=O) groups is 1. The summed E-state index contributed by atoms with van der Waals surface area (Å²) in [4.78, 5) is 30.9. The Labute approximate surface area is 165 Å². The van der Waals surface area contributed by atoms with Gasteiger partial charge in [-0.3, -0.25) is 15.1 Å². The average molecular weight is 390 g/mol. The molecule has 2 aromatic heterocycles. The lowest BCUT2D eigenvalue weighted by atomic mass is 10.2. The second-order valence-electron chi connectivity index (χ2n) is 6.21. The van der Waals surface area contributed by atoms with Crippen LogP contribution in [0.5, 0.6) is 0 Å². The molecule has 0 aliphatic rings. The van der Waals surface area contributed by atoms with Crippen LogP contribution in [0.3, 0.4) is 0 Å². The molecular weight excluding hydrogens is 372 g/mol. The first-order valence-corrected chi connectivity index (χ1v) is 8.85. The molecule has 4 aromatic rings. The molecule has 0 radical (unpaired) electrons. The van der Waals surface area contributed by atoms with Gasteiger partial charge in [0.05, 0.1) is 19.0 Å². The second-order valence-corrected chi connectivity index (χ2v) is 6.21. The van der Waals surface area contributed by atoms with Crippen molar-refractivity contribution in [2.75, 3.05) is 17.7 Å². The molecule has 29 heavy (non-hydrogen) atoms. The van der Waals surface area contributed by atoms with E-state index in [-0.39, 0.29) is 5.56 Å². The number of carbonyl (C=O) groups excluding carboxylic acids is 1. The predicted octanol–water partition coefficient (Wildman–Crippen LogP) is 2.90. The molecule has 1 amide bonds. The van der Waals surface area contributed by atoms with Crippen molar-refractivity contribution in [1.82, 2.24) is 19.7 Å². The highest BCUT2D eigenvalue weighted by molar-refractivity contribution is 5.84. The first-order valence-electron chi connectivity index (χ1n) is 8.85. The Bertz CT molecular complexity index is 1200. The number of hydrogen-bond donors (Lipinski definition) is 3. The topological polar surface area (TPSA) is 114 Å². The van der Waals surface area contributed by atoms with Crippen LogP contribution in [0.15, 0.2) is 65.6 Å². The molecule has 0 aliphatic carbocycles. The summed E-state index contributed by atoms with van der Waals surface area (Å²) >= 11 is 0. The van der Waals surface area contributed by atoms with Crippen LogP contribution in [0.4, 0.5) is 16.4 Å². The fourth-order valence-corrected chi connectivity index (χ4v) is 2.82. The van der Waals surface area contributed by atoms with E-state index in [1.54, 1.807) is 16.8 Å². The van der Waals surface area contributed by atoms with E-state index in [2.05, 4.69) is 30.4 Å². The predicted molar refractivity (Wildman–Crippen MR) is 109 cm³/mol. The number of para-hydroxylation sites is 1. The molecule has 0 saturated carbocycles. The number of fused-ring (bicyclic) bond motifs is 1. The summed E-state index contributed by atoms with van der Waals surface area (Å²) in [6.45, 7) is 0.437. The van der Waals surface area contributed by atoms with E-state index in [1.165, 1.54) is 13.3 Å². The summed E-state index contributed by atoms with van der Waals surface area (Å²) in [5.41, 5.74) is 2.60. The molecule has 0 unspecified atom stereocenters. The molecule has 0 spiro atoms. The van der Waals surface area contributed by atoms with Crippen LogP contribution in [0.25, 0.3) is 16.7 Å². The summed E-state index contributed by atoms with van der Waals surface area (Å²) < 4.78 is 6.19. The third-order valence-electron chi connectivity index (χ3n) is 4.28. The van der Waals surface area contributed by atoms with E-state index in [0.29, 0.717) is 29.2 Å². The Hall–Kier alpha value is -4.14. The summed E-state index contributed by atoms with van der Waals surface area (Å²) in [5, 5.41) is 10.4. The smallest absolute Gasteiger partial charge is 0.411 e. The molecule has 2 aromatic carbocycles. The van der Waals surface area contributed by atoms with Gasteiger partial charge in [-0.2, -0.15) is 10.1 Å². The second kappa shape index (κ2) is 7.85. The maximum atomic E-state index is 12.4. The van der Waals surface area contributed by atoms with Crippen LogP contribution in [0.1, 0.15) is 5.56 Å². The van der Waals surface area contributed by atoms with E-state index < -0.39 is 6.09 Å². The molecule has 9 nitrogen and oxygen atoms in total. The Morgan fingerprint density at radius 1 is 1.14 bits per heavy atom. The number of ether oxygens (including phenoxy) is 1. The maximum absolute atomic E-state index is 12.4. The number of methoxy groups -OCH3 is 1. The lowest BCUT2D eigenvalue weighted by Crippen LogP contribution is -2.14. The van der Waals surface area contributed by atoms with Gasteiger partial charge in [0, 0.05) is 12.2 Å². The summed E-state index contributed by atoms with van der Waals surface area (Å²) in [7, 11) is 1.31. The standard InChI is InChI=1S/C20H18N6O3/c1-29-20(28)23-14-9-7-13(8-10-14)11-21-19-24-17-16(18(27)25-19)12-22-26(17)15-5-3-2-4-6-15/h2-10,12H,11H2,1H3,(H,23,28)(H2,21,24,25,27). The minimum atomic E-state index is -0.527. The quantitative estimate of drug-likeness (QED) is 0.483. The Morgan fingerprint density at radius 2 is 1.90 bits per heavy atom. The van der Waals surface area contributed by atoms with Crippen LogP contribution in [-0.4, -0.2) is 33.0 Å². The zero-order valence-electron chi connectivity index (χ0n) is 15.5. The van der Waals surface area contributed by atoms with Crippen molar-refractivity contribution in [3.8, 4) is 5.69 Å². The highest BCUT2D eigenvalue weighted by atomic mass is 16.5. The van der Waals surface area contributed by atoms with Crippen molar-refractivity contribution in [2.24, 2.45) is 0 Å². The Morgan fingerprint density at radius 3 is 2.62 bits per heavy atom. The highest BCUT2D eigenvalue weighted by Crippen LogP contribution is 2.15. The minimum Gasteiger partial charge on any atom is -0.453 e. The molecule has 0 bridgehead atoms. The lowest BCUT2D eigenvalue weighted by molar-refractivity contribution is 0.187. The molecule has 0 aliphatic heterocycles. The first kappa shape index (κ1) is 18.2. The summed E-state index contributed by atoms with van der Waals surface area (Å²) in [6, 6.07) is 16.7. The van der Waals surface area contributed by atoms with E-state index in [1.807, 2.05) is 42.5 Å². The van der Waals surface area contributed by atoms with Gasteiger partial charge in [0.15, 0.2) is 5.65 Å². The zero-order chi connectivity index (χ0) is 20.2. The van der Waals surface area contributed by atoms with Crippen LogP contribution >= 0.6 is 0 Å². The fraction of sp³-hybridized carbons (Fsp3) is 0.100. The van der Waals surface area contributed by atoms with Crippen molar-refractivity contribution in [3.05, 3.63) is 76.7 Å². The third-order valence-corrected chi connectivity index (χ3v) is 4.28. The van der Waals surface area contributed by atoms with Crippen LogP contribution in [0, 0.1) is 0 Å². The summed E-state index contributed by atoms with van der Waals surface area (Å²) in [5.74, 6) is 0.344. The first-order chi connectivity index (χ1) is 14.1. The molecule has 4 rings (SSSR count). The average Bonchev–Trinajstić information content (AvgIpc) is 3.18. The van der Waals surface area contributed by atoms with Gasteiger partial charge in [-0.15, -0.1) is 0 Å². The monoisotopic (exact) mass is 390 g/mol. The van der Waals surface area contributed by atoms with Gasteiger partial charge in [0.1, 0.15) is 5.39 Å². The van der Waals surface area contributed by atoms with Crippen LogP contribution in [-0.2, 0) is 11.3 Å². The number of H-pyrrole nitrogens is 1. The number of benzene rings is 2. The molecule has 0 saturated heterocycles. The number of aromatic amines is 1. The van der Waals surface area contributed by atoms with Gasteiger partial charge in [-0.05, 0) is 29.8 Å². The highest BCUT2D eigenvalue weighted by Gasteiger charge is 2.11. The zero-order valence-corrected chi connectivity index (χ0v) is 15.5. The van der Waals surface area contributed by atoms with E-state index in [4.69, 9.17) is 0 Å². The lowest BCUT2D eigenvalue weighted by Gasteiger charge is -2.08. The number of amides is 1. The van der Waals surface area contributed by atoms with Crippen LogP contribution < -0.4 is 16.2 Å². The van der Waals surface area contributed by atoms with Crippen molar-refractivity contribution < 1.29 is 9.53 Å². The molecule has 9 heteroatoms. The van der Waals surface area contributed by atoms with E-state index >= 15 is 0 Å². The van der Waals surface area contributed by atoms with Crippen molar-refractivity contribution in [2.45, 2.75) is 6.54 Å². The molecule has 0 atom stereocenters. The van der Waals surface area contributed by atoms with Crippen molar-refractivity contribution >= 4 is 28.8 Å². The van der Waals surface area contributed by atoms with Gasteiger partial charge in [0.2, 0.25) is 5.95 Å². The molecule has 3 N–H and O–H groups in total. The van der Waals surface area contributed by atoms with Gasteiger partial charge in [0.25, 0.3) is 5.56 Å². The Balaban J connectivity index is 1.54. The SMILES string of the molecule is COC(=O)Nc1ccc(CNc2nc3c(cnn3-c3ccccc3)c(=O)[nH]2)cc1. The Kier molecular flexibility index (Phi) is 4.93. The summed E-state index contributed by atoms with van der Waals surface area (Å²) in [6.07, 6.45) is 0.978. The van der Waals surface area contributed by atoms with E-state index in [9.17, 15) is 9.59 Å². The van der Waals surface area contributed by atoms with Gasteiger partial charge < -0.3 is 10.1 Å². The number of rotatable bonds is 5. The minimum absolute atomic E-state index is 0.266. The van der Waals surface area contributed by atoms with Gasteiger partial charge in [-0.25, -0.2) is 9.48 Å². The fourth-order valence-electron chi connectivity index (χ4n) is 2.82. The van der Waals surface area contributed by atoms with Crippen molar-refractivity contribution in [3.63, 3.8) is 0 Å². The largest absolute Gasteiger partial charge is 0.453 e.